The van der Waals surface area contributed by atoms with E-state index in [9.17, 15) is 0 Å². The lowest BCUT2D eigenvalue weighted by atomic mass is 10.1. The molecule has 0 radical (unpaired) electrons. The highest BCUT2D eigenvalue weighted by Gasteiger charge is 2.16. The van der Waals surface area contributed by atoms with Crippen LogP contribution in [0, 0.1) is 0 Å². The van der Waals surface area contributed by atoms with Gasteiger partial charge in [-0.05, 0) is 37.8 Å². The predicted octanol–water partition coefficient (Wildman–Crippen LogP) is 5.61. The molecule has 1 unspecified atom stereocenters. The molecule has 28 heavy (non-hydrogen) atoms. The quantitative estimate of drug-likeness (QED) is 0.533. The van der Waals surface area contributed by atoms with Gasteiger partial charge < -0.3 is 14.8 Å². The van der Waals surface area contributed by atoms with Crippen LogP contribution >= 0.6 is 12.4 Å². The number of hydrogen-bond donors (Lipinski definition) is 1. The van der Waals surface area contributed by atoms with Gasteiger partial charge in [0.2, 0.25) is 0 Å². The van der Waals surface area contributed by atoms with Gasteiger partial charge in [0.15, 0.2) is 0 Å². The molecule has 0 aliphatic rings. The van der Waals surface area contributed by atoms with Gasteiger partial charge in [-0.15, -0.1) is 12.4 Å². The fourth-order valence-electron chi connectivity index (χ4n) is 2.88. The lowest BCUT2D eigenvalue weighted by molar-refractivity contribution is 0.00735. The van der Waals surface area contributed by atoms with Crippen molar-refractivity contribution in [2.75, 3.05) is 13.2 Å². The number of halogens is 1. The molecule has 0 heterocycles. The summed E-state index contributed by atoms with van der Waals surface area (Å²) in [7, 11) is 0. The van der Waals surface area contributed by atoms with Gasteiger partial charge in [-0.2, -0.15) is 0 Å². The summed E-state index contributed by atoms with van der Waals surface area (Å²) in [5.74, 6) is 0.900. The maximum atomic E-state index is 6.17. The highest BCUT2D eigenvalue weighted by atomic mass is 35.5. The molecule has 3 aromatic rings. The van der Waals surface area contributed by atoms with Crippen molar-refractivity contribution in [2.24, 2.45) is 0 Å². The second-order valence-corrected chi connectivity index (χ2v) is 7.84. The van der Waals surface area contributed by atoms with Crippen LogP contribution in [-0.4, -0.2) is 24.8 Å². The Bertz CT molecular complexity index is 841. The van der Waals surface area contributed by atoms with E-state index in [0.29, 0.717) is 13.2 Å². The molecule has 0 saturated heterocycles. The molecule has 0 fully saturated rings. The number of ether oxygens (including phenoxy) is 2. The van der Waals surface area contributed by atoms with Crippen molar-refractivity contribution in [3.8, 4) is 5.75 Å². The van der Waals surface area contributed by atoms with E-state index in [1.165, 1.54) is 10.9 Å². The minimum absolute atomic E-state index is 0. The fraction of sp³-hybridized carbons (Fsp3) is 0.333. The second kappa shape index (κ2) is 10.5. The van der Waals surface area contributed by atoms with Gasteiger partial charge in [-0.1, -0.05) is 66.7 Å². The summed E-state index contributed by atoms with van der Waals surface area (Å²) in [5.41, 5.74) is 1.21. The first-order valence-electron chi connectivity index (χ1n) is 9.52. The van der Waals surface area contributed by atoms with Crippen molar-refractivity contribution in [2.45, 2.75) is 39.0 Å². The Morgan fingerprint density at radius 3 is 2.29 bits per heavy atom. The first-order valence-corrected chi connectivity index (χ1v) is 9.52. The van der Waals surface area contributed by atoms with Crippen LogP contribution in [-0.2, 0) is 11.3 Å². The Balaban J connectivity index is 0.00000280. The van der Waals surface area contributed by atoms with Crippen LogP contribution in [0.25, 0.3) is 10.8 Å². The number of rotatable bonds is 8. The highest BCUT2D eigenvalue weighted by molar-refractivity contribution is 5.88. The summed E-state index contributed by atoms with van der Waals surface area (Å²) < 4.78 is 12.3. The molecule has 3 aromatic carbocycles. The van der Waals surface area contributed by atoms with Crippen LogP contribution in [0.3, 0.4) is 0 Å². The molecular formula is C24H30ClNO2. The maximum Gasteiger partial charge on any atom is 0.127 e. The van der Waals surface area contributed by atoms with Gasteiger partial charge in [0.05, 0.1) is 6.61 Å². The van der Waals surface area contributed by atoms with Gasteiger partial charge in [0, 0.05) is 17.5 Å². The van der Waals surface area contributed by atoms with E-state index < -0.39 is 0 Å². The van der Waals surface area contributed by atoms with Crippen molar-refractivity contribution < 1.29 is 9.47 Å². The topological polar surface area (TPSA) is 30.5 Å². The number of benzene rings is 3. The van der Waals surface area contributed by atoms with E-state index in [2.05, 4.69) is 56.4 Å². The Hall–Kier alpha value is -2.07. The third kappa shape index (κ3) is 6.83. The van der Waals surface area contributed by atoms with Crippen LogP contribution < -0.4 is 10.1 Å². The van der Waals surface area contributed by atoms with Gasteiger partial charge in [-0.25, -0.2) is 0 Å². The predicted molar refractivity (Wildman–Crippen MR) is 119 cm³/mol. The molecule has 0 bridgehead atoms. The van der Waals surface area contributed by atoms with Crippen molar-refractivity contribution in [3.05, 3.63) is 78.4 Å². The molecule has 0 spiro atoms. The van der Waals surface area contributed by atoms with E-state index in [0.717, 1.165) is 17.7 Å². The summed E-state index contributed by atoms with van der Waals surface area (Å²) >= 11 is 0. The van der Waals surface area contributed by atoms with Crippen molar-refractivity contribution in [3.63, 3.8) is 0 Å². The third-order valence-electron chi connectivity index (χ3n) is 4.36. The average Bonchev–Trinajstić information content (AvgIpc) is 2.67. The molecule has 0 amide bonds. The Labute approximate surface area is 174 Å². The molecule has 0 aliphatic carbocycles. The monoisotopic (exact) mass is 399 g/mol. The highest BCUT2D eigenvalue weighted by Crippen LogP contribution is 2.25. The molecule has 0 aliphatic heterocycles. The Morgan fingerprint density at radius 2 is 1.54 bits per heavy atom. The fourth-order valence-corrected chi connectivity index (χ4v) is 2.88. The Morgan fingerprint density at radius 1 is 0.857 bits per heavy atom. The molecular weight excluding hydrogens is 370 g/mol. The smallest absolute Gasteiger partial charge is 0.127 e. The minimum Gasteiger partial charge on any atom is -0.490 e. The van der Waals surface area contributed by atoms with Crippen molar-refractivity contribution in [1.82, 2.24) is 5.32 Å². The van der Waals surface area contributed by atoms with Crippen LogP contribution in [0.4, 0.5) is 0 Å². The summed E-state index contributed by atoms with van der Waals surface area (Å²) in [6.07, 6.45) is -0.0385. The number of hydrogen-bond acceptors (Lipinski definition) is 3. The summed E-state index contributed by atoms with van der Waals surface area (Å²) in [5, 5.41) is 5.84. The van der Waals surface area contributed by atoms with Gasteiger partial charge in [0.25, 0.3) is 0 Å². The zero-order valence-electron chi connectivity index (χ0n) is 16.9. The van der Waals surface area contributed by atoms with E-state index in [1.807, 2.05) is 42.5 Å². The normalized spacial score (nSPS) is 12.4. The molecule has 4 heteroatoms. The van der Waals surface area contributed by atoms with E-state index in [4.69, 9.17) is 9.47 Å². The first-order chi connectivity index (χ1) is 13.0. The lowest BCUT2D eigenvalue weighted by Crippen LogP contribution is -2.43. The van der Waals surface area contributed by atoms with E-state index >= 15 is 0 Å². The van der Waals surface area contributed by atoms with Crippen LogP contribution in [0.2, 0.25) is 0 Å². The van der Waals surface area contributed by atoms with E-state index in [-0.39, 0.29) is 24.0 Å². The number of nitrogens with one attached hydrogen (secondary N) is 1. The standard InChI is InChI=1S/C24H29NO2.ClH/c1-24(2,3)25-16-21(26-17-19-10-5-4-6-11-19)18-27-23-15-9-13-20-12-7-8-14-22(20)23;/h4-15,21,25H,16-18H2,1-3H3;1H. The average molecular weight is 400 g/mol. The van der Waals surface area contributed by atoms with Gasteiger partial charge in [0.1, 0.15) is 18.5 Å². The molecule has 1 atom stereocenters. The molecule has 3 rings (SSSR count). The van der Waals surface area contributed by atoms with Crippen LogP contribution in [0.5, 0.6) is 5.75 Å². The summed E-state index contributed by atoms with van der Waals surface area (Å²) in [6, 6.07) is 24.7. The summed E-state index contributed by atoms with van der Waals surface area (Å²) in [4.78, 5) is 0. The molecule has 0 aromatic heterocycles. The zero-order chi connectivity index (χ0) is 19.1. The van der Waals surface area contributed by atoms with Crippen LogP contribution in [0.15, 0.2) is 72.8 Å². The van der Waals surface area contributed by atoms with Gasteiger partial charge >= 0.3 is 0 Å². The largest absolute Gasteiger partial charge is 0.490 e. The molecule has 1 N–H and O–H groups in total. The first kappa shape index (κ1) is 22.2. The number of fused-ring (bicyclic) bond motifs is 1. The molecule has 0 saturated carbocycles. The summed E-state index contributed by atoms with van der Waals surface area (Å²) in [6.45, 7) is 8.30. The maximum absolute atomic E-state index is 6.17. The van der Waals surface area contributed by atoms with Crippen molar-refractivity contribution >= 4 is 23.2 Å². The SMILES string of the molecule is CC(C)(C)NCC(COc1cccc2ccccc12)OCc1ccccc1.Cl. The van der Waals surface area contributed by atoms with Gasteiger partial charge in [-0.3, -0.25) is 0 Å². The third-order valence-corrected chi connectivity index (χ3v) is 4.36. The van der Waals surface area contributed by atoms with Crippen molar-refractivity contribution in [1.29, 1.82) is 0 Å². The minimum atomic E-state index is -0.0385. The lowest BCUT2D eigenvalue weighted by Gasteiger charge is -2.26. The van der Waals surface area contributed by atoms with Crippen LogP contribution in [0.1, 0.15) is 26.3 Å². The Kier molecular flexibility index (Phi) is 8.31. The molecule has 150 valence electrons. The second-order valence-electron chi connectivity index (χ2n) is 7.84. The molecule has 3 nitrogen and oxygen atoms in total. The zero-order valence-corrected chi connectivity index (χ0v) is 17.7. The van der Waals surface area contributed by atoms with E-state index in [1.54, 1.807) is 0 Å².